The molecular formula is C21H18ClN3O4S. The van der Waals surface area contributed by atoms with E-state index in [9.17, 15) is 14.4 Å². The molecule has 0 aliphatic carbocycles. The topological polar surface area (TPSA) is 96.9 Å². The summed E-state index contributed by atoms with van der Waals surface area (Å²) in [5.41, 5.74) is 2.39. The van der Waals surface area contributed by atoms with Gasteiger partial charge in [0, 0.05) is 12.6 Å². The molecule has 0 aromatic heterocycles. The SMILES string of the molecule is CC(=O)NC1=NC(=O)/C(=C/c2ccc(OCC(=O)Nc3cccc(C)c3)c(Cl)c2)S1. The van der Waals surface area contributed by atoms with Crippen LogP contribution in [0.1, 0.15) is 18.1 Å². The number of rotatable bonds is 5. The normalized spacial score (nSPS) is 14.4. The fraction of sp³-hybridized carbons (Fsp3) is 0.143. The van der Waals surface area contributed by atoms with E-state index < -0.39 is 5.91 Å². The van der Waals surface area contributed by atoms with Crippen LogP contribution in [0.5, 0.6) is 5.75 Å². The third kappa shape index (κ3) is 5.95. The second kappa shape index (κ2) is 9.60. The number of benzene rings is 2. The molecule has 0 bridgehead atoms. The summed E-state index contributed by atoms with van der Waals surface area (Å²) in [6, 6.07) is 12.4. The van der Waals surface area contributed by atoms with Gasteiger partial charge in [0.15, 0.2) is 11.8 Å². The van der Waals surface area contributed by atoms with E-state index >= 15 is 0 Å². The van der Waals surface area contributed by atoms with Crippen molar-refractivity contribution in [3.8, 4) is 5.75 Å². The molecule has 30 heavy (non-hydrogen) atoms. The zero-order valence-corrected chi connectivity index (χ0v) is 17.8. The number of carbonyl (C=O) groups is 3. The minimum absolute atomic E-state index is 0.198. The molecule has 0 spiro atoms. The summed E-state index contributed by atoms with van der Waals surface area (Å²) in [5, 5.41) is 5.78. The number of amides is 3. The van der Waals surface area contributed by atoms with Gasteiger partial charge in [0.05, 0.1) is 9.93 Å². The summed E-state index contributed by atoms with van der Waals surface area (Å²) in [5.74, 6) is -0.698. The van der Waals surface area contributed by atoms with Crippen molar-refractivity contribution >= 4 is 58.0 Å². The molecule has 154 valence electrons. The van der Waals surface area contributed by atoms with Crippen LogP contribution in [-0.2, 0) is 14.4 Å². The number of amidine groups is 1. The van der Waals surface area contributed by atoms with Gasteiger partial charge in [-0.05, 0) is 60.2 Å². The second-order valence-corrected chi connectivity index (χ2v) is 7.85. The van der Waals surface area contributed by atoms with E-state index in [2.05, 4.69) is 15.6 Å². The van der Waals surface area contributed by atoms with Crippen LogP contribution >= 0.6 is 23.4 Å². The lowest BCUT2D eigenvalue weighted by atomic mass is 10.2. The molecule has 0 saturated carbocycles. The van der Waals surface area contributed by atoms with Gasteiger partial charge < -0.3 is 15.4 Å². The first-order chi connectivity index (χ1) is 14.3. The molecule has 2 aromatic carbocycles. The van der Waals surface area contributed by atoms with Crippen LogP contribution in [-0.4, -0.2) is 29.5 Å². The highest BCUT2D eigenvalue weighted by atomic mass is 35.5. The number of halogens is 1. The lowest BCUT2D eigenvalue weighted by molar-refractivity contribution is -0.118. The van der Waals surface area contributed by atoms with Gasteiger partial charge in [0.2, 0.25) is 5.91 Å². The van der Waals surface area contributed by atoms with E-state index in [1.165, 1.54) is 6.92 Å². The number of aliphatic imine (C=N–C) groups is 1. The molecule has 2 aromatic rings. The Hall–Kier alpha value is -3.10. The van der Waals surface area contributed by atoms with Gasteiger partial charge >= 0.3 is 0 Å². The first kappa shape index (κ1) is 21.6. The summed E-state index contributed by atoms with van der Waals surface area (Å²) in [4.78, 5) is 39.2. The van der Waals surface area contributed by atoms with Crippen molar-refractivity contribution in [3.05, 3.63) is 63.5 Å². The zero-order valence-electron chi connectivity index (χ0n) is 16.2. The maximum atomic E-state index is 12.1. The monoisotopic (exact) mass is 443 g/mol. The zero-order chi connectivity index (χ0) is 21.7. The van der Waals surface area contributed by atoms with E-state index in [1.807, 2.05) is 25.1 Å². The molecule has 0 fully saturated rings. The number of aryl methyl sites for hydroxylation is 1. The summed E-state index contributed by atoms with van der Waals surface area (Å²) in [7, 11) is 0. The standard InChI is InChI=1S/C21H18ClN3O4S/c1-12-4-3-5-15(8-12)24-19(27)11-29-17-7-6-14(9-16(17)22)10-18-20(28)25-21(30-18)23-13(2)26/h3-10H,11H2,1-2H3,(H,24,27)(H,23,25,26,28)/b18-10-. The second-order valence-electron chi connectivity index (χ2n) is 6.41. The molecule has 3 amide bonds. The number of ether oxygens (including phenoxy) is 1. The molecule has 0 unspecified atom stereocenters. The molecule has 1 heterocycles. The van der Waals surface area contributed by atoms with Gasteiger partial charge in [-0.15, -0.1) is 0 Å². The van der Waals surface area contributed by atoms with Crippen LogP contribution in [0.4, 0.5) is 5.69 Å². The summed E-state index contributed by atoms with van der Waals surface area (Å²) < 4.78 is 5.50. The quantitative estimate of drug-likeness (QED) is 0.685. The highest BCUT2D eigenvalue weighted by Gasteiger charge is 2.22. The highest BCUT2D eigenvalue weighted by molar-refractivity contribution is 8.18. The highest BCUT2D eigenvalue weighted by Crippen LogP contribution is 2.30. The van der Waals surface area contributed by atoms with Crippen LogP contribution in [0, 0.1) is 6.92 Å². The van der Waals surface area contributed by atoms with Crippen molar-refractivity contribution in [1.29, 1.82) is 0 Å². The molecule has 1 aliphatic heterocycles. The Morgan fingerprint density at radius 3 is 2.70 bits per heavy atom. The Bertz CT molecular complexity index is 1080. The molecule has 0 radical (unpaired) electrons. The number of nitrogens with zero attached hydrogens (tertiary/aromatic N) is 1. The predicted molar refractivity (Wildman–Crippen MR) is 119 cm³/mol. The first-order valence-electron chi connectivity index (χ1n) is 8.89. The van der Waals surface area contributed by atoms with Gasteiger partial charge in [-0.3, -0.25) is 14.4 Å². The van der Waals surface area contributed by atoms with E-state index in [0.29, 0.717) is 26.9 Å². The van der Waals surface area contributed by atoms with Crippen molar-refractivity contribution in [3.63, 3.8) is 0 Å². The minimum Gasteiger partial charge on any atom is -0.482 e. The smallest absolute Gasteiger partial charge is 0.286 e. The Morgan fingerprint density at radius 2 is 2.00 bits per heavy atom. The Morgan fingerprint density at radius 1 is 1.20 bits per heavy atom. The Balaban J connectivity index is 1.60. The number of carbonyl (C=O) groups excluding carboxylic acids is 3. The minimum atomic E-state index is -0.437. The summed E-state index contributed by atoms with van der Waals surface area (Å²) in [6.45, 7) is 3.08. The van der Waals surface area contributed by atoms with Crippen molar-refractivity contribution in [2.24, 2.45) is 4.99 Å². The van der Waals surface area contributed by atoms with E-state index in [-0.39, 0.29) is 23.6 Å². The molecule has 9 heteroatoms. The van der Waals surface area contributed by atoms with Crippen molar-refractivity contribution in [2.45, 2.75) is 13.8 Å². The third-order valence-electron chi connectivity index (χ3n) is 3.82. The van der Waals surface area contributed by atoms with Crippen LogP contribution < -0.4 is 15.4 Å². The first-order valence-corrected chi connectivity index (χ1v) is 10.1. The van der Waals surface area contributed by atoms with Crippen molar-refractivity contribution < 1.29 is 19.1 Å². The average Bonchev–Trinajstić information content (AvgIpc) is 2.99. The number of hydrogen-bond donors (Lipinski definition) is 2. The van der Waals surface area contributed by atoms with E-state index in [4.69, 9.17) is 16.3 Å². The van der Waals surface area contributed by atoms with Crippen molar-refractivity contribution in [1.82, 2.24) is 5.32 Å². The van der Waals surface area contributed by atoms with Gasteiger partial charge in [0.1, 0.15) is 5.75 Å². The number of thioether (sulfide) groups is 1. The van der Waals surface area contributed by atoms with Gasteiger partial charge in [0.25, 0.3) is 11.8 Å². The summed E-state index contributed by atoms with van der Waals surface area (Å²) >= 11 is 7.32. The third-order valence-corrected chi connectivity index (χ3v) is 5.01. The van der Waals surface area contributed by atoms with Crippen LogP contribution in [0.3, 0.4) is 0 Å². The molecule has 3 rings (SSSR count). The molecule has 0 saturated heterocycles. The number of hydrogen-bond acceptors (Lipinski definition) is 5. The van der Waals surface area contributed by atoms with Gasteiger partial charge in [-0.2, -0.15) is 4.99 Å². The maximum absolute atomic E-state index is 12.1. The van der Waals surface area contributed by atoms with Crippen molar-refractivity contribution in [2.75, 3.05) is 11.9 Å². The largest absolute Gasteiger partial charge is 0.482 e. The lowest BCUT2D eigenvalue weighted by Gasteiger charge is -2.10. The Kier molecular flexibility index (Phi) is 6.91. The maximum Gasteiger partial charge on any atom is 0.286 e. The van der Waals surface area contributed by atoms with Crippen LogP contribution in [0.25, 0.3) is 6.08 Å². The molecule has 0 atom stereocenters. The summed E-state index contributed by atoms with van der Waals surface area (Å²) in [6.07, 6.45) is 1.62. The fourth-order valence-electron chi connectivity index (χ4n) is 2.55. The van der Waals surface area contributed by atoms with Crippen LogP contribution in [0.2, 0.25) is 5.02 Å². The number of nitrogens with one attached hydrogen (secondary N) is 2. The molecule has 7 nitrogen and oxygen atoms in total. The Labute approximate surface area is 182 Å². The van der Waals surface area contributed by atoms with Gasteiger partial charge in [-0.25, -0.2) is 0 Å². The molecular weight excluding hydrogens is 426 g/mol. The average molecular weight is 444 g/mol. The number of anilines is 1. The van der Waals surface area contributed by atoms with E-state index in [0.717, 1.165) is 17.3 Å². The fourth-order valence-corrected chi connectivity index (χ4v) is 3.65. The van der Waals surface area contributed by atoms with Crippen LogP contribution in [0.15, 0.2) is 52.4 Å². The lowest BCUT2D eigenvalue weighted by Crippen LogP contribution is -2.23. The van der Waals surface area contributed by atoms with Gasteiger partial charge in [-0.1, -0.05) is 29.8 Å². The van der Waals surface area contributed by atoms with E-state index in [1.54, 1.807) is 30.3 Å². The molecule has 2 N–H and O–H groups in total. The predicted octanol–water partition coefficient (Wildman–Crippen LogP) is 3.77. The molecule has 1 aliphatic rings.